The van der Waals surface area contributed by atoms with Gasteiger partial charge in [0.25, 0.3) is 23.3 Å². The number of H-pyrrole nitrogens is 2. The first-order valence-corrected chi connectivity index (χ1v) is 10.2. The van der Waals surface area contributed by atoms with E-state index in [9.17, 15) is 24.0 Å². The average molecular weight is 464 g/mol. The average Bonchev–Trinajstić information content (AvgIpc) is 3.08. The Morgan fingerprint density at radius 3 is 2.38 bits per heavy atom. The topological polar surface area (TPSA) is 151 Å². The number of anilines is 1. The number of imide groups is 1. The Kier molecular flexibility index (Phi) is 6.00. The minimum Gasteiger partial charge on any atom is -0.493 e. The van der Waals surface area contributed by atoms with Crippen LogP contribution >= 0.6 is 0 Å². The Morgan fingerprint density at radius 1 is 0.941 bits per heavy atom. The molecule has 4 rings (SSSR count). The summed E-state index contributed by atoms with van der Waals surface area (Å²) >= 11 is 0. The summed E-state index contributed by atoms with van der Waals surface area (Å²) in [6, 6.07) is 9.43. The van der Waals surface area contributed by atoms with E-state index in [1.807, 2.05) is 11.1 Å². The zero-order valence-corrected chi connectivity index (χ0v) is 18.3. The van der Waals surface area contributed by atoms with Crippen LogP contribution in [-0.4, -0.2) is 53.4 Å². The summed E-state index contributed by atoms with van der Waals surface area (Å²) < 4.78 is 10.5. The number of hydrogen-bond acceptors (Lipinski definition) is 7. The lowest BCUT2D eigenvalue weighted by Crippen LogP contribution is -2.31. The summed E-state index contributed by atoms with van der Waals surface area (Å²) in [6.07, 6.45) is 1.46. The van der Waals surface area contributed by atoms with Crippen molar-refractivity contribution in [2.45, 2.75) is 6.42 Å². The molecule has 34 heavy (non-hydrogen) atoms. The molecule has 0 radical (unpaired) electrons. The molecule has 0 spiro atoms. The molecule has 0 aliphatic carbocycles. The van der Waals surface area contributed by atoms with E-state index in [1.165, 1.54) is 32.4 Å². The van der Waals surface area contributed by atoms with E-state index in [0.29, 0.717) is 17.9 Å². The van der Waals surface area contributed by atoms with Crippen molar-refractivity contribution in [3.05, 3.63) is 85.7 Å². The summed E-state index contributed by atoms with van der Waals surface area (Å²) in [4.78, 5) is 66.5. The highest BCUT2D eigenvalue weighted by Gasteiger charge is 2.35. The monoisotopic (exact) mass is 464 g/mol. The number of fused-ring (bicyclic) bond motifs is 1. The molecule has 11 nitrogen and oxygen atoms in total. The van der Waals surface area contributed by atoms with Crippen LogP contribution in [0.25, 0.3) is 0 Å². The van der Waals surface area contributed by atoms with Crippen LogP contribution in [0.15, 0.2) is 52.2 Å². The van der Waals surface area contributed by atoms with E-state index in [-0.39, 0.29) is 28.9 Å². The molecule has 1 aliphatic rings. The van der Waals surface area contributed by atoms with Crippen LogP contribution in [0.5, 0.6) is 11.5 Å². The zero-order valence-electron chi connectivity index (χ0n) is 18.3. The third kappa shape index (κ3) is 4.18. The van der Waals surface area contributed by atoms with Crippen molar-refractivity contribution >= 4 is 23.4 Å². The summed E-state index contributed by atoms with van der Waals surface area (Å²) in [7, 11) is 3.05. The fourth-order valence-corrected chi connectivity index (χ4v) is 3.61. The third-order valence-electron chi connectivity index (χ3n) is 5.37. The van der Waals surface area contributed by atoms with Crippen LogP contribution in [0.4, 0.5) is 5.69 Å². The van der Waals surface area contributed by atoms with Crippen molar-refractivity contribution in [1.82, 2.24) is 14.9 Å². The van der Waals surface area contributed by atoms with Gasteiger partial charge in [-0.3, -0.25) is 29.1 Å². The van der Waals surface area contributed by atoms with Gasteiger partial charge in [0.1, 0.15) is 5.69 Å². The zero-order chi connectivity index (χ0) is 24.4. The predicted octanol–water partition coefficient (Wildman–Crippen LogP) is 1.17. The summed E-state index contributed by atoms with van der Waals surface area (Å²) in [6.45, 7) is 0.135. The Hall–Kier alpha value is -4.67. The number of nitrogens with one attached hydrogen (secondary N) is 3. The molecule has 11 heteroatoms. The lowest BCUT2D eigenvalue weighted by atomic mass is 10.1. The molecule has 0 atom stereocenters. The normalized spacial score (nSPS) is 12.5. The minimum atomic E-state index is -0.772. The Labute approximate surface area is 192 Å². The van der Waals surface area contributed by atoms with E-state index in [4.69, 9.17) is 9.47 Å². The number of ether oxygens (including phenoxy) is 2. The summed E-state index contributed by atoms with van der Waals surface area (Å²) in [5, 5.41) is 2.36. The highest BCUT2D eigenvalue weighted by Crippen LogP contribution is 2.29. The number of carbonyl (C=O) groups excluding carboxylic acids is 3. The highest BCUT2D eigenvalue weighted by atomic mass is 16.5. The summed E-state index contributed by atoms with van der Waals surface area (Å²) in [5.41, 5.74) is -0.434. The Morgan fingerprint density at radius 2 is 1.68 bits per heavy atom. The van der Waals surface area contributed by atoms with Gasteiger partial charge in [0.05, 0.1) is 25.3 Å². The second-order valence-corrected chi connectivity index (χ2v) is 7.40. The summed E-state index contributed by atoms with van der Waals surface area (Å²) in [5.74, 6) is -0.535. The molecule has 3 aromatic rings. The SMILES string of the molecule is COc1ccc(CCN2C(=O)c3ccc(C(=O)Nc4c[nH]c(=O)[nH]c4=O)cc3C2=O)cc1OC. The van der Waals surface area contributed by atoms with Crippen LogP contribution in [0, 0.1) is 0 Å². The molecule has 1 aliphatic heterocycles. The molecule has 2 aromatic carbocycles. The lowest BCUT2D eigenvalue weighted by Gasteiger charge is -2.14. The van der Waals surface area contributed by atoms with Gasteiger partial charge < -0.3 is 19.8 Å². The number of benzene rings is 2. The molecule has 3 amide bonds. The number of aromatic amines is 2. The van der Waals surface area contributed by atoms with Gasteiger partial charge in [-0.05, 0) is 42.3 Å². The number of hydrogen-bond donors (Lipinski definition) is 3. The van der Waals surface area contributed by atoms with E-state index in [1.54, 1.807) is 12.1 Å². The molecule has 0 saturated heterocycles. The van der Waals surface area contributed by atoms with Crippen molar-refractivity contribution in [3.8, 4) is 11.5 Å². The van der Waals surface area contributed by atoms with Gasteiger partial charge in [-0.25, -0.2) is 4.79 Å². The van der Waals surface area contributed by atoms with Gasteiger partial charge in [-0.2, -0.15) is 0 Å². The number of nitrogens with zero attached hydrogens (tertiary/aromatic N) is 1. The molecule has 3 N–H and O–H groups in total. The van der Waals surface area contributed by atoms with Crippen LogP contribution in [0.1, 0.15) is 36.6 Å². The van der Waals surface area contributed by atoms with E-state index in [0.717, 1.165) is 16.7 Å². The molecule has 0 saturated carbocycles. The van der Waals surface area contributed by atoms with Crippen molar-refractivity contribution < 1.29 is 23.9 Å². The van der Waals surface area contributed by atoms with E-state index < -0.39 is 29.0 Å². The van der Waals surface area contributed by atoms with Crippen molar-refractivity contribution in [2.75, 3.05) is 26.1 Å². The van der Waals surface area contributed by atoms with Gasteiger partial charge in [0.2, 0.25) is 0 Å². The standard InChI is InChI=1S/C23H20N4O7/c1-33-17-6-3-12(9-18(17)34-2)7-8-27-21(30)14-5-4-13(10-15(14)22(27)31)19(28)25-16-11-24-23(32)26-20(16)29/h3-6,9-11H,7-8H2,1-2H3,(H,25,28)(H2,24,26,29,32). The molecule has 0 unspecified atom stereocenters. The number of aromatic nitrogens is 2. The van der Waals surface area contributed by atoms with Crippen LogP contribution < -0.4 is 26.0 Å². The first-order chi connectivity index (χ1) is 16.3. The van der Waals surface area contributed by atoms with Crippen molar-refractivity contribution in [1.29, 1.82) is 0 Å². The number of amides is 3. The molecular weight excluding hydrogens is 444 g/mol. The van der Waals surface area contributed by atoms with Crippen molar-refractivity contribution in [3.63, 3.8) is 0 Å². The first kappa shape index (κ1) is 22.5. The van der Waals surface area contributed by atoms with Crippen LogP contribution in [0.3, 0.4) is 0 Å². The number of methoxy groups -OCH3 is 2. The minimum absolute atomic E-state index is 0.0761. The second-order valence-electron chi connectivity index (χ2n) is 7.40. The van der Waals surface area contributed by atoms with Crippen molar-refractivity contribution in [2.24, 2.45) is 0 Å². The van der Waals surface area contributed by atoms with Gasteiger partial charge in [-0.1, -0.05) is 6.07 Å². The van der Waals surface area contributed by atoms with Gasteiger partial charge in [0, 0.05) is 18.3 Å². The fourth-order valence-electron chi connectivity index (χ4n) is 3.61. The van der Waals surface area contributed by atoms with Gasteiger partial charge >= 0.3 is 5.69 Å². The highest BCUT2D eigenvalue weighted by molar-refractivity contribution is 6.22. The van der Waals surface area contributed by atoms with Crippen LogP contribution in [0.2, 0.25) is 0 Å². The maximum Gasteiger partial charge on any atom is 0.325 e. The molecule has 174 valence electrons. The maximum absolute atomic E-state index is 12.9. The molecule has 0 fully saturated rings. The second kappa shape index (κ2) is 9.06. The molecule has 2 heterocycles. The predicted molar refractivity (Wildman–Crippen MR) is 121 cm³/mol. The van der Waals surface area contributed by atoms with Gasteiger partial charge in [-0.15, -0.1) is 0 Å². The van der Waals surface area contributed by atoms with E-state index >= 15 is 0 Å². The quantitative estimate of drug-likeness (QED) is 0.444. The first-order valence-electron chi connectivity index (χ1n) is 10.2. The van der Waals surface area contributed by atoms with Crippen LogP contribution in [-0.2, 0) is 6.42 Å². The molecular formula is C23H20N4O7. The number of carbonyl (C=O) groups is 3. The fraction of sp³-hybridized carbons (Fsp3) is 0.174. The maximum atomic E-state index is 12.9. The Balaban J connectivity index is 1.50. The Bertz CT molecular complexity index is 1420. The molecule has 1 aromatic heterocycles. The lowest BCUT2D eigenvalue weighted by molar-refractivity contribution is 0.0656. The largest absolute Gasteiger partial charge is 0.493 e. The number of rotatable bonds is 7. The van der Waals surface area contributed by atoms with Gasteiger partial charge in [0.15, 0.2) is 11.5 Å². The van der Waals surface area contributed by atoms with E-state index in [2.05, 4.69) is 10.3 Å². The third-order valence-corrected chi connectivity index (χ3v) is 5.37. The smallest absolute Gasteiger partial charge is 0.325 e. The molecule has 0 bridgehead atoms.